The Hall–Kier alpha value is -2.01. The minimum atomic E-state index is -0.205. The van der Waals surface area contributed by atoms with Crippen LogP contribution in [0.15, 0.2) is 35.2 Å². The van der Waals surface area contributed by atoms with E-state index in [1.807, 2.05) is 6.08 Å². The molecule has 0 saturated carbocycles. The fourth-order valence-electron chi connectivity index (χ4n) is 2.44. The number of H-pyrrole nitrogens is 1. The molecule has 0 saturated heterocycles. The number of aromatic nitrogens is 2. The number of hydrogen-bond donors (Lipinski definition) is 1. The normalized spacial score (nSPS) is 15.4. The highest BCUT2D eigenvalue weighted by molar-refractivity contribution is 5.80. The van der Waals surface area contributed by atoms with Crippen LogP contribution in [0.2, 0.25) is 0 Å². The molecule has 0 aliphatic carbocycles. The molecule has 2 heterocycles. The van der Waals surface area contributed by atoms with Crippen LogP contribution >= 0.6 is 0 Å². The fourth-order valence-corrected chi connectivity index (χ4v) is 2.44. The Morgan fingerprint density at radius 1 is 1.52 bits per heavy atom. The molecule has 1 aliphatic heterocycles. The molecule has 1 aromatic rings. The number of carbonyl (C=O) groups is 1. The molecular formula is C16H21N3O2. The van der Waals surface area contributed by atoms with Gasteiger partial charge in [0.2, 0.25) is 0 Å². The van der Waals surface area contributed by atoms with Gasteiger partial charge in [0, 0.05) is 31.3 Å². The second-order valence-corrected chi connectivity index (χ2v) is 5.45. The van der Waals surface area contributed by atoms with E-state index in [1.165, 1.54) is 6.07 Å². The molecular weight excluding hydrogens is 266 g/mol. The second-order valence-electron chi connectivity index (χ2n) is 5.45. The standard InChI is InChI=1S/C16H21N3O2/c1-12-5-3-7-19(11-12)8-4-6-14(20)10-15-17-13(2)9-16(21)18-15/h3,5,9H,1,4,6-8,10-11H2,2H3,(H,17,18,21). The predicted octanol–water partition coefficient (Wildman–Crippen LogP) is 1.40. The molecule has 0 radical (unpaired) electrons. The van der Waals surface area contributed by atoms with E-state index in [2.05, 4.69) is 27.5 Å². The zero-order chi connectivity index (χ0) is 15.2. The lowest BCUT2D eigenvalue weighted by molar-refractivity contribution is -0.118. The van der Waals surface area contributed by atoms with Crippen LogP contribution in [0.3, 0.4) is 0 Å². The highest BCUT2D eigenvalue weighted by Gasteiger charge is 2.10. The van der Waals surface area contributed by atoms with Crippen LogP contribution in [0.1, 0.15) is 24.4 Å². The van der Waals surface area contributed by atoms with Crippen LogP contribution in [0.4, 0.5) is 0 Å². The Kier molecular flexibility index (Phi) is 5.22. The lowest BCUT2D eigenvalue weighted by Crippen LogP contribution is -2.29. The number of rotatable bonds is 6. The van der Waals surface area contributed by atoms with Crippen LogP contribution in [0.25, 0.3) is 0 Å². The van der Waals surface area contributed by atoms with Gasteiger partial charge in [0.05, 0.1) is 6.42 Å². The number of aryl methyl sites for hydroxylation is 1. The van der Waals surface area contributed by atoms with Gasteiger partial charge in [0.15, 0.2) is 0 Å². The highest BCUT2D eigenvalue weighted by Crippen LogP contribution is 2.07. The fraction of sp³-hybridized carbons (Fsp3) is 0.438. The summed E-state index contributed by atoms with van der Waals surface area (Å²) in [6, 6.07) is 1.42. The van der Waals surface area contributed by atoms with Crippen molar-refractivity contribution in [3.05, 3.63) is 52.2 Å². The van der Waals surface area contributed by atoms with E-state index in [0.29, 0.717) is 17.9 Å². The van der Waals surface area contributed by atoms with Crippen LogP contribution in [-0.4, -0.2) is 40.3 Å². The maximum atomic E-state index is 11.9. The van der Waals surface area contributed by atoms with Gasteiger partial charge in [-0.25, -0.2) is 4.98 Å². The first kappa shape index (κ1) is 15.4. The van der Waals surface area contributed by atoms with Crippen LogP contribution in [0.5, 0.6) is 0 Å². The molecule has 5 heteroatoms. The molecule has 0 amide bonds. The maximum absolute atomic E-state index is 11.9. The first-order valence-corrected chi connectivity index (χ1v) is 7.18. The van der Waals surface area contributed by atoms with Gasteiger partial charge in [-0.2, -0.15) is 0 Å². The topological polar surface area (TPSA) is 66.1 Å². The van der Waals surface area contributed by atoms with E-state index in [0.717, 1.165) is 31.6 Å². The summed E-state index contributed by atoms with van der Waals surface area (Å²) in [6.07, 6.45) is 5.65. The molecule has 2 rings (SSSR count). The summed E-state index contributed by atoms with van der Waals surface area (Å²) in [6.45, 7) is 8.36. The molecule has 1 aromatic heterocycles. The minimum Gasteiger partial charge on any atom is -0.310 e. The van der Waals surface area contributed by atoms with Crippen molar-refractivity contribution in [2.75, 3.05) is 19.6 Å². The average molecular weight is 287 g/mol. The van der Waals surface area contributed by atoms with Gasteiger partial charge in [-0.05, 0) is 25.5 Å². The molecule has 5 nitrogen and oxygen atoms in total. The summed E-state index contributed by atoms with van der Waals surface area (Å²) >= 11 is 0. The van der Waals surface area contributed by atoms with E-state index in [-0.39, 0.29) is 17.8 Å². The number of carbonyl (C=O) groups excluding carboxylic acids is 1. The third-order valence-electron chi connectivity index (χ3n) is 3.36. The summed E-state index contributed by atoms with van der Waals surface area (Å²) in [4.78, 5) is 32.3. The van der Waals surface area contributed by atoms with Gasteiger partial charge in [-0.1, -0.05) is 18.7 Å². The number of aromatic amines is 1. The summed E-state index contributed by atoms with van der Waals surface area (Å²) < 4.78 is 0. The quantitative estimate of drug-likeness (QED) is 0.859. The second kappa shape index (κ2) is 7.13. The summed E-state index contributed by atoms with van der Waals surface area (Å²) in [7, 11) is 0. The first-order chi connectivity index (χ1) is 10.0. The molecule has 0 unspecified atom stereocenters. The van der Waals surface area contributed by atoms with Crippen molar-refractivity contribution in [2.45, 2.75) is 26.2 Å². The van der Waals surface area contributed by atoms with Crippen molar-refractivity contribution in [3.63, 3.8) is 0 Å². The number of nitrogens with one attached hydrogen (secondary N) is 1. The molecule has 0 atom stereocenters. The molecule has 112 valence electrons. The molecule has 1 N–H and O–H groups in total. The van der Waals surface area contributed by atoms with E-state index < -0.39 is 0 Å². The third-order valence-corrected chi connectivity index (χ3v) is 3.36. The van der Waals surface area contributed by atoms with Crippen LogP contribution in [-0.2, 0) is 11.2 Å². The zero-order valence-electron chi connectivity index (χ0n) is 12.4. The number of nitrogens with zero attached hydrogens (tertiary/aromatic N) is 2. The van der Waals surface area contributed by atoms with Crippen molar-refractivity contribution in [3.8, 4) is 0 Å². The van der Waals surface area contributed by atoms with Gasteiger partial charge >= 0.3 is 0 Å². The van der Waals surface area contributed by atoms with Crippen molar-refractivity contribution < 1.29 is 4.79 Å². The van der Waals surface area contributed by atoms with Crippen molar-refractivity contribution in [1.82, 2.24) is 14.9 Å². The van der Waals surface area contributed by atoms with E-state index in [9.17, 15) is 9.59 Å². The summed E-state index contributed by atoms with van der Waals surface area (Å²) in [5.41, 5.74) is 1.54. The first-order valence-electron chi connectivity index (χ1n) is 7.18. The Bertz CT molecular complexity index is 616. The predicted molar refractivity (Wildman–Crippen MR) is 82.3 cm³/mol. The number of hydrogen-bond acceptors (Lipinski definition) is 4. The Morgan fingerprint density at radius 2 is 2.33 bits per heavy atom. The highest BCUT2D eigenvalue weighted by atomic mass is 16.1. The van der Waals surface area contributed by atoms with Gasteiger partial charge in [-0.15, -0.1) is 0 Å². The summed E-state index contributed by atoms with van der Waals surface area (Å²) in [5.74, 6) is 0.564. The third kappa shape index (κ3) is 5.11. The molecule has 21 heavy (non-hydrogen) atoms. The van der Waals surface area contributed by atoms with E-state index >= 15 is 0 Å². The molecule has 1 aliphatic rings. The van der Waals surface area contributed by atoms with Gasteiger partial charge in [0.1, 0.15) is 11.6 Å². The number of ketones is 1. The summed E-state index contributed by atoms with van der Waals surface area (Å²) in [5, 5.41) is 0. The minimum absolute atomic E-state index is 0.107. The van der Waals surface area contributed by atoms with E-state index in [1.54, 1.807) is 6.92 Å². The Balaban J connectivity index is 1.76. The number of Topliss-reactive ketones (excluding diaryl/α,β-unsaturated/α-hetero) is 1. The van der Waals surface area contributed by atoms with Crippen LogP contribution in [0, 0.1) is 6.92 Å². The SMILES string of the molecule is C=C1C=CCN(CCCC(=O)Cc2nc(C)cc(=O)[nH]2)C1. The monoisotopic (exact) mass is 287 g/mol. The largest absolute Gasteiger partial charge is 0.310 e. The van der Waals surface area contributed by atoms with Crippen molar-refractivity contribution >= 4 is 5.78 Å². The van der Waals surface area contributed by atoms with Crippen molar-refractivity contribution in [1.29, 1.82) is 0 Å². The molecule has 0 aromatic carbocycles. The van der Waals surface area contributed by atoms with Crippen LogP contribution < -0.4 is 5.56 Å². The zero-order valence-corrected chi connectivity index (χ0v) is 12.4. The maximum Gasteiger partial charge on any atom is 0.251 e. The van der Waals surface area contributed by atoms with Crippen molar-refractivity contribution in [2.24, 2.45) is 0 Å². The molecule has 0 bridgehead atoms. The lowest BCUT2D eigenvalue weighted by Gasteiger charge is -2.23. The van der Waals surface area contributed by atoms with Gasteiger partial charge in [-0.3, -0.25) is 14.5 Å². The average Bonchev–Trinajstić information content (AvgIpc) is 2.37. The Labute approximate surface area is 124 Å². The molecule has 0 spiro atoms. The smallest absolute Gasteiger partial charge is 0.251 e. The van der Waals surface area contributed by atoms with Gasteiger partial charge in [0.25, 0.3) is 5.56 Å². The Morgan fingerprint density at radius 3 is 3.05 bits per heavy atom. The van der Waals surface area contributed by atoms with E-state index in [4.69, 9.17) is 0 Å². The lowest BCUT2D eigenvalue weighted by atomic mass is 10.1. The molecule has 0 fully saturated rings. The van der Waals surface area contributed by atoms with Gasteiger partial charge < -0.3 is 4.98 Å².